The van der Waals surface area contributed by atoms with E-state index in [1.807, 2.05) is 27.7 Å². The highest BCUT2D eigenvalue weighted by atomic mass is 16.6. The molecule has 0 aromatic carbocycles. The van der Waals surface area contributed by atoms with E-state index in [4.69, 9.17) is 19.7 Å². The summed E-state index contributed by atoms with van der Waals surface area (Å²) in [5.41, 5.74) is 0. The second-order valence-corrected chi connectivity index (χ2v) is 5.62. The first-order valence-corrected chi connectivity index (χ1v) is 6.94. The summed E-state index contributed by atoms with van der Waals surface area (Å²) in [6.07, 6.45) is -1.61. The van der Waals surface area contributed by atoms with Gasteiger partial charge in [-0.05, 0) is 24.7 Å². The second-order valence-electron chi connectivity index (χ2n) is 5.62. The molecule has 2 N–H and O–H groups in total. The summed E-state index contributed by atoms with van der Waals surface area (Å²) in [4.78, 5) is 22.3. The molecule has 0 fully saturated rings. The Morgan fingerprint density at radius 1 is 0.800 bits per heavy atom. The highest BCUT2D eigenvalue weighted by Gasteiger charge is 2.35. The molecule has 0 aliphatic rings. The zero-order chi connectivity index (χ0) is 15.7. The lowest BCUT2D eigenvalue weighted by Crippen LogP contribution is -2.44. The first kappa shape index (κ1) is 18.9. The van der Waals surface area contributed by atoms with E-state index in [1.54, 1.807) is 0 Å². The van der Waals surface area contributed by atoms with E-state index in [0.29, 0.717) is 24.7 Å². The van der Waals surface area contributed by atoms with Gasteiger partial charge in [-0.3, -0.25) is 0 Å². The molecule has 0 rings (SSSR count). The predicted molar refractivity (Wildman–Crippen MR) is 73.7 cm³/mol. The molecule has 0 saturated heterocycles. The van der Waals surface area contributed by atoms with E-state index in [2.05, 4.69) is 0 Å². The van der Waals surface area contributed by atoms with Crippen LogP contribution in [0.15, 0.2) is 0 Å². The maximum Gasteiger partial charge on any atom is 0.336 e. The van der Waals surface area contributed by atoms with Crippen molar-refractivity contribution >= 4 is 11.9 Å². The number of carboxylic acid groups (broad SMARTS) is 2. The van der Waals surface area contributed by atoms with Crippen LogP contribution in [0.2, 0.25) is 0 Å². The summed E-state index contributed by atoms with van der Waals surface area (Å²) in [7, 11) is 0. The third kappa shape index (κ3) is 8.12. The number of carboxylic acids is 2. The van der Waals surface area contributed by atoms with Crippen molar-refractivity contribution in [1.82, 2.24) is 0 Å². The number of ether oxygens (including phenoxy) is 2. The maximum absolute atomic E-state index is 11.1. The molecule has 0 heterocycles. The molecular weight excluding hydrogens is 264 g/mol. The molecule has 6 nitrogen and oxygen atoms in total. The van der Waals surface area contributed by atoms with Crippen molar-refractivity contribution in [2.45, 2.75) is 52.7 Å². The minimum absolute atomic E-state index is 0.200. The largest absolute Gasteiger partial charge is 0.479 e. The van der Waals surface area contributed by atoms with Gasteiger partial charge in [0, 0.05) is 13.2 Å². The van der Waals surface area contributed by atoms with Gasteiger partial charge in [0.2, 0.25) is 0 Å². The third-order valence-corrected chi connectivity index (χ3v) is 2.75. The van der Waals surface area contributed by atoms with Crippen molar-refractivity contribution in [3.63, 3.8) is 0 Å². The highest BCUT2D eigenvalue weighted by Crippen LogP contribution is 2.10. The number of hydrogen-bond acceptors (Lipinski definition) is 4. The van der Waals surface area contributed by atoms with Crippen LogP contribution in [0.1, 0.15) is 40.5 Å². The van der Waals surface area contributed by atoms with Gasteiger partial charge in [0.1, 0.15) is 0 Å². The van der Waals surface area contributed by atoms with E-state index >= 15 is 0 Å². The van der Waals surface area contributed by atoms with Gasteiger partial charge in [0.05, 0.1) is 0 Å². The summed E-state index contributed by atoms with van der Waals surface area (Å²) < 4.78 is 10.4. The minimum atomic E-state index is -1.47. The molecule has 0 amide bonds. The molecule has 0 spiro atoms. The van der Waals surface area contributed by atoms with Gasteiger partial charge in [-0.15, -0.1) is 0 Å². The zero-order valence-corrected chi connectivity index (χ0v) is 12.7. The van der Waals surface area contributed by atoms with Crippen LogP contribution in [0.25, 0.3) is 0 Å². The van der Waals surface area contributed by atoms with E-state index in [9.17, 15) is 9.59 Å². The number of aliphatic carboxylic acids is 2. The van der Waals surface area contributed by atoms with Gasteiger partial charge >= 0.3 is 11.9 Å². The summed E-state index contributed by atoms with van der Waals surface area (Å²) in [5.74, 6) is -1.92. The third-order valence-electron chi connectivity index (χ3n) is 2.75. The fourth-order valence-corrected chi connectivity index (χ4v) is 1.44. The normalized spacial score (nSPS) is 14.5. The molecule has 2 unspecified atom stereocenters. The lowest BCUT2D eigenvalue weighted by atomic mass is 10.1. The van der Waals surface area contributed by atoms with Crippen LogP contribution in [0.3, 0.4) is 0 Å². The molecule has 0 saturated carbocycles. The Balaban J connectivity index is 4.53. The zero-order valence-electron chi connectivity index (χ0n) is 12.7. The molecule has 0 aliphatic heterocycles. The van der Waals surface area contributed by atoms with Crippen molar-refractivity contribution in [1.29, 1.82) is 0 Å². The molecule has 6 heteroatoms. The lowest BCUT2D eigenvalue weighted by Gasteiger charge is -2.22. The Labute approximate surface area is 120 Å². The standard InChI is InChI=1S/C14H26O6/c1-9(2)5-7-19-11(13(15)16)12(14(17)18)20-8-6-10(3)4/h9-12H,5-8H2,1-4H3,(H,15,16)(H,17,18). The molecule has 0 aromatic heterocycles. The van der Waals surface area contributed by atoms with Crippen LogP contribution < -0.4 is 0 Å². The number of rotatable bonds is 11. The van der Waals surface area contributed by atoms with Gasteiger partial charge < -0.3 is 19.7 Å². The summed E-state index contributed by atoms with van der Waals surface area (Å²) in [6, 6.07) is 0. The molecule has 118 valence electrons. The molecule has 2 atom stereocenters. The average molecular weight is 290 g/mol. The maximum atomic E-state index is 11.1. The number of carbonyl (C=O) groups is 2. The van der Waals surface area contributed by atoms with Crippen molar-refractivity contribution in [3.8, 4) is 0 Å². The topological polar surface area (TPSA) is 93.1 Å². The molecule has 0 aromatic rings. The van der Waals surface area contributed by atoms with E-state index in [1.165, 1.54) is 0 Å². The molecule has 0 bridgehead atoms. The first-order valence-electron chi connectivity index (χ1n) is 6.94. The minimum Gasteiger partial charge on any atom is -0.479 e. The van der Waals surface area contributed by atoms with Gasteiger partial charge in [-0.1, -0.05) is 27.7 Å². The fourth-order valence-electron chi connectivity index (χ4n) is 1.44. The Kier molecular flexibility index (Phi) is 9.16. The molecular formula is C14H26O6. The van der Waals surface area contributed by atoms with Gasteiger partial charge in [0.15, 0.2) is 12.2 Å². The molecule has 0 radical (unpaired) electrons. The van der Waals surface area contributed by atoms with Crippen molar-refractivity contribution in [2.24, 2.45) is 11.8 Å². The second kappa shape index (κ2) is 9.72. The monoisotopic (exact) mass is 290 g/mol. The van der Waals surface area contributed by atoms with Crippen LogP contribution in [0, 0.1) is 11.8 Å². The van der Waals surface area contributed by atoms with Crippen molar-refractivity contribution < 1.29 is 29.3 Å². The van der Waals surface area contributed by atoms with Crippen molar-refractivity contribution in [3.05, 3.63) is 0 Å². The van der Waals surface area contributed by atoms with Gasteiger partial charge in [0.25, 0.3) is 0 Å². The van der Waals surface area contributed by atoms with Crippen molar-refractivity contribution in [2.75, 3.05) is 13.2 Å². The van der Waals surface area contributed by atoms with E-state index in [-0.39, 0.29) is 13.2 Å². The smallest absolute Gasteiger partial charge is 0.336 e. The van der Waals surface area contributed by atoms with Gasteiger partial charge in [-0.25, -0.2) is 9.59 Å². The highest BCUT2D eigenvalue weighted by molar-refractivity contribution is 5.83. The Morgan fingerprint density at radius 3 is 1.30 bits per heavy atom. The van der Waals surface area contributed by atoms with Gasteiger partial charge in [-0.2, -0.15) is 0 Å². The summed E-state index contributed by atoms with van der Waals surface area (Å²) in [6.45, 7) is 8.32. The van der Waals surface area contributed by atoms with E-state index < -0.39 is 24.1 Å². The number of hydrogen-bond donors (Lipinski definition) is 2. The van der Waals surface area contributed by atoms with E-state index in [0.717, 1.165) is 0 Å². The Bertz CT molecular complexity index is 270. The first-order chi connectivity index (χ1) is 9.25. The Morgan fingerprint density at radius 2 is 1.10 bits per heavy atom. The Hall–Kier alpha value is -1.14. The van der Waals surface area contributed by atoms with Crippen LogP contribution in [-0.2, 0) is 19.1 Å². The molecule has 20 heavy (non-hydrogen) atoms. The lowest BCUT2D eigenvalue weighted by molar-refractivity contribution is -0.177. The van der Waals surface area contributed by atoms with Crippen LogP contribution in [0.5, 0.6) is 0 Å². The fraction of sp³-hybridized carbons (Fsp3) is 0.857. The predicted octanol–water partition coefficient (Wildman–Crippen LogP) is 2.02. The average Bonchev–Trinajstić information content (AvgIpc) is 2.29. The SMILES string of the molecule is CC(C)CCOC(C(=O)O)C(OCCC(C)C)C(=O)O. The molecule has 0 aliphatic carbocycles. The van der Waals surface area contributed by atoms with Crippen LogP contribution in [0.4, 0.5) is 0 Å². The van der Waals surface area contributed by atoms with Crippen LogP contribution in [-0.4, -0.2) is 47.6 Å². The van der Waals surface area contributed by atoms with Crippen LogP contribution >= 0.6 is 0 Å². The summed E-state index contributed by atoms with van der Waals surface area (Å²) >= 11 is 0. The summed E-state index contributed by atoms with van der Waals surface area (Å²) in [5, 5.41) is 18.2. The quantitative estimate of drug-likeness (QED) is 0.604.